The number of nitro benzene ring substituents is 1. The first-order valence-corrected chi connectivity index (χ1v) is 5.41. The van der Waals surface area contributed by atoms with E-state index in [2.05, 4.69) is 0 Å². The Morgan fingerprint density at radius 3 is 2.69 bits per heavy atom. The molecule has 0 aliphatic carbocycles. The van der Waals surface area contributed by atoms with Gasteiger partial charge in [0.25, 0.3) is 5.69 Å². The molecule has 5 heteroatoms. The number of carbonyl (C=O) groups is 1. The van der Waals surface area contributed by atoms with Gasteiger partial charge in [0.15, 0.2) is 5.78 Å². The standard InChI is InChI=1S/C11H12ClNO3/c1-2-3-4-11(14)9-6-5-8(13(15)16)7-10(9)12/h5-7H,2-4H2,1H3. The lowest BCUT2D eigenvalue weighted by atomic mass is 10.1. The second kappa shape index (κ2) is 5.61. The van der Waals surface area contributed by atoms with Crippen LogP contribution in [0.5, 0.6) is 0 Å². The van der Waals surface area contributed by atoms with Crippen molar-refractivity contribution in [2.75, 3.05) is 0 Å². The number of ketones is 1. The molecule has 0 spiro atoms. The minimum absolute atomic E-state index is 0.0678. The van der Waals surface area contributed by atoms with Gasteiger partial charge in [-0.25, -0.2) is 0 Å². The van der Waals surface area contributed by atoms with Crippen molar-refractivity contribution in [2.45, 2.75) is 26.2 Å². The molecule has 16 heavy (non-hydrogen) atoms. The predicted molar refractivity (Wildman–Crippen MR) is 62.0 cm³/mol. The van der Waals surface area contributed by atoms with Gasteiger partial charge in [0.2, 0.25) is 0 Å². The topological polar surface area (TPSA) is 60.2 Å². The SMILES string of the molecule is CCCCC(=O)c1ccc([N+](=O)[O-])cc1Cl. The number of Topliss-reactive ketones (excluding diaryl/α,β-unsaturated/α-hetero) is 1. The molecule has 1 aromatic carbocycles. The van der Waals surface area contributed by atoms with Gasteiger partial charge in [0, 0.05) is 24.1 Å². The summed E-state index contributed by atoms with van der Waals surface area (Å²) < 4.78 is 0. The van der Waals surface area contributed by atoms with E-state index < -0.39 is 4.92 Å². The molecule has 0 saturated carbocycles. The Labute approximate surface area is 98.4 Å². The molecule has 86 valence electrons. The van der Waals surface area contributed by atoms with Gasteiger partial charge in [-0.15, -0.1) is 0 Å². The van der Waals surface area contributed by atoms with E-state index in [-0.39, 0.29) is 16.5 Å². The van der Waals surface area contributed by atoms with Crippen LogP contribution in [0.15, 0.2) is 18.2 Å². The normalized spacial score (nSPS) is 10.1. The summed E-state index contributed by atoms with van der Waals surface area (Å²) in [5.74, 6) is -0.0678. The molecule has 0 atom stereocenters. The first kappa shape index (κ1) is 12.6. The van der Waals surface area contributed by atoms with E-state index in [9.17, 15) is 14.9 Å². The fourth-order valence-electron chi connectivity index (χ4n) is 1.32. The highest BCUT2D eigenvalue weighted by Gasteiger charge is 2.14. The van der Waals surface area contributed by atoms with Crippen LogP contribution in [0.25, 0.3) is 0 Å². The second-order valence-electron chi connectivity index (χ2n) is 3.45. The van der Waals surface area contributed by atoms with Crippen LogP contribution in [0, 0.1) is 10.1 Å². The quantitative estimate of drug-likeness (QED) is 0.449. The van der Waals surface area contributed by atoms with Crippen LogP contribution in [-0.4, -0.2) is 10.7 Å². The highest BCUT2D eigenvalue weighted by molar-refractivity contribution is 6.34. The molecule has 0 bridgehead atoms. The van der Waals surface area contributed by atoms with Crippen molar-refractivity contribution in [1.82, 2.24) is 0 Å². The number of unbranched alkanes of at least 4 members (excludes halogenated alkanes) is 1. The third-order valence-corrected chi connectivity index (χ3v) is 2.53. The lowest BCUT2D eigenvalue weighted by Gasteiger charge is -2.02. The molecule has 0 aliphatic heterocycles. The van der Waals surface area contributed by atoms with E-state index in [1.54, 1.807) is 0 Å². The van der Waals surface area contributed by atoms with Crippen LogP contribution >= 0.6 is 11.6 Å². The molecule has 0 amide bonds. The molecule has 0 fully saturated rings. The summed E-state index contributed by atoms with van der Waals surface area (Å²) in [6, 6.07) is 3.92. The van der Waals surface area contributed by atoms with Crippen LogP contribution in [-0.2, 0) is 0 Å². The molecule has 1 aromatic rings. The van der Waals surface area contributed by atoms with Crippen LogP contribution in [0.1, 0.15) is 36.5 Å². The molecule has 0 unspecified atom stereocenters. The monoisotopic (exact) mass is 241 g/mol. The zero-order valence-electron chi connectivity index (χ0n) is 8.90. The number of rotatable bonds is 5. The first-order chi connectivity index (χ1) is 7.56. The number of hydrogen-bond acceptors (Lipinski definition) is 3. The van der Waals surface area contributed by atoms with Crippen molar-refractivity contribution in [1.29, 1.82) is 0 Å². The van der Waals surface area contributed by atoms with E-state index in [4.69, 9.17) is 11.6 Å². The summed E-state index contributed by atoms with van der Waals surface area (Å²) in [5, 5.41) is 10.6. The van der Waals surface area contributed by atoms with E-state index >= 15 is 0 Å². The van der Waals surface area contributed by atoms with E-state index in [1.807, 2.05) is 6.92 Å². The molecule has 4 nitrogen and oxygen atoms in total. The Kier molecular flexibility index (Phi) is 4.43. The molecule has 0 saturated heterocycles. The Morgan fingerprint density at radius 1 is 1.50 bits per heavy atom. The minimum Gasteiger partial charge on any atom is -0.294 e. The lowest BCUT2D eigenvalue weighted by Crippen LogP contribution is -2.00. The number of halogens is 1. The second-order valence-corrected chi connectivity index (χ2v) is 3.86. The Morgan fingerprint density at radius 2 is 2.19 bits per heavy atom. The summed E-state index contributed by atoms with van der Waals surface area (Å²) in [5.41, 5.74) is 0.262. The largest absolute Gasteiger partial charge is 0.294 e. The number of carbonyl (C=O) groups excluding carboxylic acids is 1. The van der Waals surface area contributed by atoms with E-state index in [0.29, 0.717) is 12.0 Å². The van der Waals surface area contributed by atoms with Gasteiger partial charge in [-0.05, 0) is 12.5 Å². The molecule has 0 N–H and O–H groups in total. The molecular formula is C11H12ClNO3. The van der Waals surface area contributed by atoms with Crippen molar-refractivity contribution in [2.24, 2.45) is 0 Å². The van der Waals surface area contributed by atoms with Gasteiger partial charge in [-0.2, -0.15) is 0 Å². The number of benzene rings is 1. The average molecular weight is 242 g/mol. The maximum atomic E-state index is 11.7. The van der Waals surface area contributed by atoms with Gasteiger partial charge in [0.1, 0.15) is 0 Å². The third kappa shape index (κ3) is 3.03. The predicted octanol–water partition coefficient (Wildman–Crippen LogP) is 3.62. The summed E-state index contributed by atoms with van der Waals surface area (Å²) >= 11 is 5.82. The summed E-state index contributed by atoms with van der Waals surface area (Å²) in [7, 11) is 0. The Balaban J connectivity index is 2.90. The zero-order valence-corrected chi connectivity index (χ0v) is 9.66. The van der Waals surface area contributed by atoms with Crippen LogP contribution in [0.3, 0.4) is 0 Å². The fraction of sp³-hybridized carbons (Fsp3) is 0.364. The maximum Gasteiger partial charge on any atom is 0.270 e. The smallest absolute Gasteiger partial charge is 0.270 e. The van der Waals surface area contributed by atoms with E-state index in [1.165, 1.54) is 18.2 Å². The number of hydrogen-bond donors (Lipinski definition) is 0. The van der Waals surface area contributed by atoms with Crippen LogP contribution in [0.4, 0.5) is 5.69 Å². The molecule has 0 radical (unpaired) electrons. The van der Waals surface area contributed by atoms with Crippen LogP contribution in [0.2, 0.25) is 5.02 Å². The van der Waals surface area contributed by atoms with Crippen molar-refractivity contribution < 1.29 is 9.72 Å². The highest BCUT2D eigenvalue weighted by atomic mass is 35.5. The fourth-order valence-corrected chi connectivity index (χ4v) is 1.60. The highest BCUT2D eigenvalue weighted by Crippen LogP contribution is 2.23. The van der Waals surface area contributed by atoms with Crippen LogP contribution < -0.4 is 0 Å². The van der Waals surface area contributed by atoms with Gasteiger partial charge in [-0.1, -0.05) is 24.9 Å². The summed E-state index contributed by atoms with van der Waals surface area (Å²) in [6.45, 7) is 1.99. The van der Waals surface area contributed by atoms with Crippen molar-refractivity contribution >= 4 is 23.1 Å². The maximum absolute atomic E-state index is 11.7. The van der Waals surface area contributed by atoms with E-state index in [0.717, 1.165) is 12.8 Å². The first-order valence-electron chi connectivity index (χ1n) is 5.03. The molecule has 0 aliphatic rings. The van der Waals surface area contributed by atoms with Gasteiger partial charge in [-0.3, -0.25) is 14.9 Å². The molecular weight excluding hydrogens is 230 g/mol. The number of nitro groups is 1. The average Bonchev–Trinajstić information content (AvgIpc) is 2.25. The molecule has 0 heterocycles. The van der Waals surface area contributed by atoms with Crippen molar-refractivity contribution in [3.63, 3.8) is 0 Å². The van der Waals surface area contributed by atoms with Gasteiger partial charge in [0.05, 0.1) is 9.95 Å². The summed E-state index contributed by atoms with van der Waals surface area (Å²) in [6.07, 6.45) is 2.15. The van der Waals surface area contributed by atoms with Gasteiger partial charge < -0.3 is 0 Å². The third-order valence-electron chi connectivity index (χ3n) is 2.22. The van der Waals surface area contributed by atoms with Crippen molar-refractivity contribution in [3.05, 3.63) is 38.9 Å². The molecule has 1 rings (SSSR count). The Bertz CT molecular complexity index is 418. The summed E-state index contributed by atoms with van der Waals surface area (Å²) in [4.78, 5) is 21.6. The minimum atomic E-state index is -0.536. The number of nitrogens with zero attached hydrogens (tertiary/aromatic N) is 1. The zero-order chi connectivity index (χ0) is 12.1. The lowest BCUT2D eigenvalue weighted by molar-refractivity contribution is -0.384. The van der Waals surface area contributed by atoms with Gasteiger partial charge >= 0.3 is 0 Å². The number of non-ortho nitro benzene ring substituents is 1. The Hall–Kier alpha value is -1.42. The molecule has 0 aromatic heterocycles. The van der Waals surface area contributed by atoms with Crippen molar-refractivity contribution in [3.8, 4) is 0 Å².